The number of nitrogens with one attached hydrogen (secondary N) is 1. The van der Waals surface area contributed by atoms with E-state index in [0.717, 1.165) is 34.4 Å². The van der Waals surface area contributed by atoms with Gasteiger partial charge in [-0.2, -0.15) is 12.8 Å². The third kappa shape index (κ3) is 4.73. The normalized spacial score (nSPS) is 11.7. The fraction of sp³-hybridized carbons (Fsp3) is 0.125. The average Bonchev–Trinajstić information content (AvgIpc) is 2.84. The van der Waals surface area contributed by atoms with Crippen LogP contribution in [0.3, 0.4) is 0 Å². The molecule has 166 valence electrons. The highest BCUT2D eigenvalue weighted by molar-refractivity contribution is 7.61. The summed E-state index contributed by atoms with van der Waals surface area (Å²) in [5, 5.41) is 5.52. The van der Waals surface area contributed by atoms with E-state index < -0.39 is 28.4 Å². The minimum absolute atomic E-state index is 0.127. The summed E-state index contributed by atoms with van der Waals surface area (Å²) in [5.74, 6) is -1.44. The first kappa shape index (κ1) is 22.1. The number of fused-ring (bicyclic) bond motifs is 2. The van der Waals surface area contributed by atoms with E-state index in [4.69, 9.17) is 0 Å². The number of pyridine rings is 1. The maximum Gasteiger partial charge on any atom is 0.333 e. The van der Waals surface area contributed by atoms with Crippen LogP contribution >= 0.6 is 0 Å². The average molecular weight is 461 g/mol. The lowest BCUT2D eigenvalue weighted by molar-refractivity contribution is -0.141. The number of benzene rings is 3. The van der Waals surface area contributed by atoms with Gasteiger partial charge >= 0.3 is 16.5 Å². The fourth-order valence-electron chi connectivity index (χ4n) is 3.63. The van der Waals surface area contributed by atoms with E-state index in [0.29, 0.717) is 5.52 Å². The minimum Gasteiger partial charge on any atom is -0.467 e. The zero-order chi connectivity index (χ0) is 23.4. The monoisotopic (exact) mass is 461 g/mol. The number of amides is 1. The molecule has 1 N–H and O–H groups in total. The van der Waals surface area contributed by atoms with Gasteiger partial charge in [0, 0.05) is 10.9 Å². The maximum atomic E-state index is 12.7. The summed E-state index contributed by atoms with van der Waals surface area (Å²) in [4.78, 5) is 29.0. The van der Waals surface area contributed by atoms with Crippen molar-refractivity contribution in [1.82, 2.24) is 10.3 Å². The first-order valence-corrected chi connectivity index (χ1v) is 11.1. The molecule has 0 aliphatic rings. The Morgan fingerprint density at radius 1 is 0.939 bits per heavy atom. The Kier molecular flexibility index (Phi) is 6.41. The number of carbonyl (C=O) groups is 2. The van der Waals surface area contributed by atoms with Crippen LogP contribution in [-0.4, -0.2) is 45.0 Å². The maximum absolute atomic E-state index is 12.7. The van der Waals surface area contributed by atoms with Crippen molar-refractivity contribution in [3.63, 3.8) is 0 Å². The van der Waals surface area contributed by atoms with Gasteiger partial charge in [-0.3, -0.25) is 4.79 Å². The quantitative estimate of drug-likeness (QED) is 0.440. The van der Waals surface area contributed by atoms with E-state index in [-0.39, 0.29) is 12.2 Å². The van der Waals surface area contributed by atoms with Gasteiger partial charge in [-0.25, -0.2) is 9.78 Å². The SMILES string of the molecule is COC(=O)C(CNC(=O)c1ccc2cccc(-c3cccc4ccccc34)c2n1)N=S(=O)=O. The summed E-state index contributed by atoms with van der Waals surface area (Å²) < 4.78 is 29.5. The number of hydrogen-bond donors (Lipinski definition) is 1. The summed E-state index contributed by atoms with van der Waals surface area (Å²) in [6.07, 6.45) is 0. The third-order valence-electron chi connectivity index (χ3n) is 5.18. The van der Waals surface area contributed by atoms with Crippen molar-refractivity contribution in [2.24, 2.45) is 4.36 Å². The molecular weight excluding hydrogens is 442 g/mol. The Bertz CT molecular complexity index is 1500. The lowest BCUT2D eigenvalue weighted by Gasteiger charge is -2.12. The number of nitrogens with zero attached hydrogens (tertiary/aromatic N) is 2. The first-order chi connectivity index (χ1) is 16.0. The van der Waals surface area contributed by atoms with E-state index >= 15 is 0 Å². The second-order valence-corrected chi connectivity index (χ2v) is 7.82. The highest BCUT2D eigenvalue weighted by atomic mass is 32.2. The molecule has 0 bridgehead atoms. The van der Waals surface area contributed by atoms with Crippen LogP contribution in [0.1, 0.15) is 10.5 Å². The number of hydrogen-bond acceptors (Lipinski definition) is 7. The van der Waals surface area contributed by atoms with Crippen LogP contribution in [-0.2, 0) is 20.0 Å². The summed E-state index contributed by atoms with van der Waals surface area (Å²) in [6, 6.07) is 21.8. The first-order valence-electron chi connectivity index (χ1n) is 10.0. The Hall–Kier alpha value is -4.11. The third-order valence-corrected chi connectivity index (χ3v) is 5.60. The van der Waals surface area contributed by atoms with Crippen molar-refractivity contribution in [3.8, 4) is 11.1 Å². The van der Waals surface area contributed by atoms with Gasteiger partial charge < -0.3 is 10.1 Å². The zero-order valence-corrected chi connectivity index (χ0v) is 18.4. The van der Waals surface area contributed by atoms with Crippen LogP contribution in [0.4, 0.5) is 0 Å². The summed E-state index contributed by atoms with van der Waals surface area (Å²) in [6.45, 7) is -0.343. The molecule has 0 radical (unpaired) electrons. The number of para-hydroxylation sites is 1. The molecule has 33 heavy (non-hydrogen) atoms. The van der Waals surface area contributed by atoms with Gasteiger partial charge in [0.25, 0.3) is 5.91 Å². The van der Waals surface area contributed by atoms with Gasteiger partial charge in [-0.1, -0.05) is 66.7 Å². The second kappa shape index (κ2) is 9.58. The van der Waals surface area contributed by atoms with E-state index in [9.17, 15) is 18.0 Å². The van der Waals surface area contributed by atoms with Crippen LogP contribution in [0.15, 0.2) is 77.2 Å². The van der Waals surface area contributed by atoms with Crippen LogP contribution in [0, 0.1) is 0 Å². The van der Waals surface area contributed by atoms with Crippen molar-refractivity contribution >= 4 is 44.1 Å². The molecule has 0 aliphatic carbocycles. The Balaban J connectivity index is 1.70. The second-order valence-electron chi connectivity index (χ2n) is 7.17. The molecule has 1 atom stereocenters. The summed E-state index contributed by atoms with van der Waals surface area (Å²) in [5.41, 5.74) is 2.65. The van der Waals surface area contributed by atoms with Crippen molar-refractivity contribution < 1.29 is 22.7 Å². The number of rotatable bonds is 6. The molecule has 0 spiro atoms. The highest BCUT2D eigenvalue weighted by Gasteiger charge is 2.21. The Morgan fingerprint density at radius 2 is 1.64 bits per heavy atom. The molecule has 1 amide bonds. The van der Waals surface area contributed by atoms with Crippen molar-refractivity contribution in [2.45, 2.75) is 6.04 Å². The van der Waals surface area contributed by atoms with Gasteiger partial charge in [0.1, 0.15) is 5.69 Å². The van der Waals surface area contributed by atoms with Crippen molar-refractivity contribution in [3.05, 3.63) is 78.5 Å². The van der Waals surface area contributed by atoms with Gasteiger partial charge in [-0.15, -0.1) is 0 Å². The fourth-order valence-corrected chi connectivity index (χ4v) is 4.00. The van der Waals surface area contributed by atoms with Crippen molar-refractivity contribution in [1.29, 1.82) is 0 Å². The van der Waals surface area contributed by atoms with Gasteiger partial charge in [0.05, 0.1) is 19.2 Å². The molecule has 0 saturated heterocycles. The number of ether oxygens (including phenoxy) is 1. The highest BCUT2D eigenvalue weighted by Crippen LogP contribution is 2.33. The number of aromatic nitrogens is 1. The molecule has 1 unspecified atom stereocenters. The van der Waals surface area contributed by atoms with Gasteiger partial charge in [-0.05, 0) is 22.4 Å². The van der Waals surface area contributed by atoms with Gasteiger partial charge in [0.2, 0.25) is 0 Å². The van der Waals surface area contributed by atoms with Crippen LogP contribution in [0.5, 0.6) is 0 Å². The van der Waals surface area contributed by atoms with Crippen LogP contribution in [0.25, 0.3) is 32.8 Å². The Labute approximate surface area is 190 Å². The molecule has 4 aromatic rings. The molecule has 3 aromatic carbocycles. The van der Waals surface area contributed by atoms with E-state index in [2.05, 4.69) is 19.4 Å². The lowest BCUT2D eigenvalue weighted by atomic mass is 9.96. The zero-order valence-electron chi connectivity index (χ0n) is 17.6. The van der Waals surface area contributed by atoms with E-state index in [1.54, 1.807) is 12.1 Å². The number of esters is 1. The molecule has 1 aromatic heterocycles. The lowest BCUT2D eigenvalue weighted by Crippen LogP contribution is -2.36. The molecule has 0 fully saturated rings. The summed E-state index contributed by atoms with van der Waals surface area (Å²) in [7, 11) is -1.71. The Morgan fingerprint density at radius 3 is 2.39 bits per heavy atom. The van der Waals surface area contributed by atoms with E-state index in [1.807, 2.05) is 60.7 Å². The molecule has 0 aliphatic heterocycles. The number of methoxy groups -OCH3 is 1. The van der Waals surface area contributed by atoms with Crippen LogP contribution in [0.2, 0.25) is 0 Å². The topological polar surface area (TPSA) is 115 Å². The number of carbonyl (C=O) groups excluding carboxylic acids is 2. The molecule has 1 heterocycles. The van der Waals surface area contributed by atoms with E-state index in [1.165, 1.54) is 0 Å². The largest absolute Gasteiger partial charge is 0.467 e. The van der Waals surface area contributed by atoms with Crippen molar-refractivity contribution in [2.75, 3.05) is 13.7 Å². The minimum atomic E-state index is -2.82. The molecule has 4 rings (SSSR count). The van der Waals surface area contributed by atoms with Gasteiger partial charge in [0.15, 0.2) is 6.04 Å². The molecule has 8 nitrogen and oxygen atoms in total. The standard InChI is InChI=1S/C24H19N3O5S/c1-32-24(29)21(27-33(30)31)14-25-23(28)20-13-12-16-8-5-11-19(22(16)26-20)18-10-4-7-15-6-2-3-9-17(15)18/h2-13,21H,14H2,1H3,(H,25,28). The molecule has 0 saturated carbocycles. The predicted molar refractivity (Wildman–Crippen MR) is 124 cm³/mol. The van der Waals surface area contributed by atoms with Crippen LogP contribution < -0.4 is 5.32 Å². The summed E-state index contributed by atoms with van der Waals surface area (Å²) >= 11 is 0. The predicted octanol–water partition coefficient (Wildman–Crippen LogP) is 3.39. The molecule has 9 heteroatoms. The smallest absolute Gasteiger partial charge is 0.333 e. The molecular formula is C24H19N3O5S.